The van der Waals surface area contributed by atoms with Gasteiger partial charge in [-0.3, -0.25) is 4.98 Å². The van der Waals surface area contributed by atoms with Crippen molar-refractivity contribution in [3.63, 3.8) is 0 Å². The summed E-state index contributed by atoms with van der Waals surface area (Å²) in [7, 11) is 2.20. The van der Waals surface area contributed by atoms with E-state index in [1.807, 2.05) is 12.3 Å². The maximum atomic E-state index is 4.12. The fourth-order valence-corrected chi connectivity index (χ4v) is 2.56. The highest BCUT2D eigenvalue weighted by Crippen LogP contribution is 2.11. The van der Waals surface area contributed by atoms with E-state index in [9.17, 15) is 0 Å². The zero-order valence-electron chi connectivity index (χ0n) is 14.6. The molecule has 0 bridgehead atoms. The molecular weight excluding hydrogens is 280 g/mol. The van der Waals surface area contributed by atoms with Crippen molar-refractivity contribution in [2.45, 2.75) is 33.2 Å². The maximum absolute atomic E-state index is 4.12. The third-order valence-corrected chi connectivity index (χ3v) is 3.91. The average molecular weight is 308 g/mol. The predicted molar refractivity (Wildman–Crippen MR) is 100 cm³/mol. The van der Waals surface area contributed by atoms with Gasteiger partial charge in [-0.2, -0.15) is 0 Å². The van der Waals surface area contributed by atoms with Gasteiger partial charge in [-0.05, 0) is 55.1 Å². The smallest absolute Gasteiger partial charge is 0.0340 e. The largest absolute Gasteiger partial charge is 0.302 e. The quantitative estimate of drug-likeness (QED) is 0.673. The van der Waals surface area contributed by atoms with Crippen molar-refractivity contribution < 1.29 is 0 Å². The van der Waals surface area contributed by atoms with Crippen molar-refractivity contribution >= 4 is 12.2 Å². The summed E-state index contributed by atoms with van der Waals surface area (Å²) >= 11 is 0. The maximum Gasteiger partial charge on any atom is 0.0340 e. The van der Waals surface area contributed by atoms with Gasteiger partial charge in [0.1, 0.15) is 0 Å². The summed E-state index contributed by atoms with van der Waals surface area (Å²) in [4.78, 5) is 6.53. The lowest BCUT2D eigenvalue weighted by atomic mass is 10.1. The van der Waals surface area contributed by atoms with Crippen LogP contribution in [0.2, 0.25) is 0 Å². The summed E-state index contributed by atoms with van der Waals surface area (Å²) in [6.45, 7) is 6.76. The third kappa shape index (κ3) is 6.79. The van der Waals surface area contributed by atoms with Gasteiger partial charge in [0.15, 0.2) is 0 Å². The summed E-state index contributed by atoms with van der Waals surface area (Å²) in [5.74, 6) is 0.800. The van der Waals surface area contributed by atoms with Crippen LogP contribution in [0.15, 0.2) is 48.8 Å². The van der Waals surface area contributed by atoms with E-state index in [1.165, 1.54) is 30.5 Å². The molecule has 23 heavy (non-hydrogen) atoms. The standard InChI is InChI=1S/C21H28N2/c1-18(2)6-5-15-23(3)17-21-12-9-19(10-13-21)8-11-20-7-4-14-22-16-20/h4,7-14,16,18H,5-6,15,17H2,1-3H3/b11-8+. The Balaban J connectivity index is 1.83. The van der Waals surface area contributed by atoms with E-state index in [2.05, 4.69) is 73.3 Å². The van der Waals surface area contributed by atoms with E-state index < -0.39 is 0 Å². The molecule has 122 valence electrons. The van der Waals surface area contributed by atoms with Crippen LogP contribution in [0.1, 0.15) is 43.4 Å². The predicted octanol–water partition coefficient (Wildman–Crippen LogP) is 5.12. The first-order chi connectivity index (χ1) is 11.1. The van der Waals surface area contributed by atoms with Crippen LogP contribution in [0.4, 0.5) is 0 Å². The Labute approximate surface area is 140 Å². The first kappa shape index (κ1) is 17.4. The Morgan fingerprint density at radius 2 is 1.78 bits per heavy atom. The van der Waals surface area contributed by atoms with Crippen molar-refractivity contribution in [1.82, 2.24) is 9.88 Å². The lowest BCUT2D eigenvalue weighted by Gasteiger charge is -2.17. The molecule has 2 rings (SSSR count). The first-order valence-corrected chi connectivity index (χ1v) is 8.49. The van der Waals surface area contributed by atoms with Crippen LogP contribution in [0.25, 0.3) is 12.2 Å². The molecule has 0 amide bonds. The minimum absolute atomic E-state index is 0.800. The summed E-state index contributed by atoms with van der Waals surface area (Å²) in [5.41, 5.74) is 3.72. The molecule has 0 radical (unpaired) electrons. The van der Waals surface area contributed by atoms with Crippen molar-refractivity contribution in [3.8, 4) is 0 Å². The molecule has 2 aromatic rings. The lowest BCUT2D eigenvalue weighted by molar-refractivity contribution is 0.310. The summed E-state index contributed by atoms with van der Waals surface area (Å²) in [5, 5.41) is 0. The molecule has 1 heterocycles. The van der Waals surface area contributed by atoms with Crippen LogP contribution in [-0.4, -0.2) is 23.5 Å². The van der Waals surface area contributed by atoms with Crippen LogP contribution in [0.5, 0.6) is 0 Å². The van der Waals surface area contributed by atoms with Gasteiger partial charge in [0.2, 0.25) is 0 Å². The Bertz CT molecular complexity index is 585. The number of nitrogens with zero attached hydrogens (tertiary/aromatic N) is 2. The fraction of sp³-hybridized carbons (Fsp3) is 0.381. The second-order valence-corrected chi connectivity index (χ2v) is 6.64. The summed E-state index contributed by atoms with van der Waals surface area (Å²) in [6, 6.07) is 12.8. The van der Waals surface area contributed by atoms with E-state index in [4.69, 9.17) is 0 Å². The minimum atomic E-state index is 0.800. The SMILES string of the molecule is CC(C)CCCN(C)Cc1ccc(/C=C/c2cccnc2)cc1. The van der Waals surface area contributed by atoms with Gasteiger partial charge in [-0.15, -0.1) is 0 Å². The number of hydrogen-bond donors (Lipinski definition) is 0. The zero-order chi connectivity index (χ0) is 16.5. The number of benzene rings is 1. The van der Waals surface area contributed by atoms with Crippen LogP contribution in [0, 0.1) is 5.92 Å². The minimum Gasteiger partial charge on any atom is -0.302 e. The zero-order valence-corrected chi connectivity index (χ0v) is 14.6. The van der Waals surface area contributed by atoms with Crippen LogP contribution < -0.4 is 0 Å². The van der Waals surface area contributed by atoms with Crippen LogP contribution in [0.3, 0.4) is 0 Å². The molecule has 0 atom stereocenters. The van der Waals surface area contributed by atoms with Crippen LogP contribution >= 0.6 is 0 Å². The van der Waals surface area contributed by atoms with Gasteiger partial charge >= 0.3 is 0 Å². The Hall–Kier alpha value is -1.93. The van der Waals surface area contributed by atoms with Gasteiger partial charge in [0.25, 0.3) is 0 Å². The van der Waals surface area contributed by atoms with Gasteiger partial charge < -0.3 is 4.90 Å². The number of pyridine rings is 1. The molecular formula is C21H28N2. The van der Waals surface area contributed by atoms with Gasteiger partial charge in [0.05, 0.1) is 0 Å². The first-order valence-electron chi connectivity index (χ1n) is 8.49. The van der Waals surface area contributed by atoms with Crippen molar-refractivity contribution in [2.75, 3.05) is 13.6 Å². The van der Waals surface area contributed by atoms with E-state index >= 15 is 0 Å². The Morgan fingerprint density at radius 3 is 2.43 bits per heavy atom. The van der Waals surface area contributed by atoms with E-state index in [1.54, 1.807) is 6.20 Å². The van der Waals surface area contributed by atoms with Crippen molar-refractivity contribution in [3.05, 3.63) is 65.5 Å². The van der Waals surface area contributed by atoms with Gasteiger partial charge in [-0.25, -0.2) is 0 Å². The fourth-order valence-electron chi connectivity index (χ4n) is 2.56. The molecule has 1 aromatic carbocycles. The summed E-state index contributed by atoms with van der Waals surface area (Å²) < 4.78 is 0. The molecule has 1 aromatic heterocycles. The molecule has 0 aliphatic rings. The molecule has 0 aliphatic heterocycles. The molecule has 0 spiro atoms. The van der Waals surface area contributed by atoms with E-state index in [-0.39, 0.29) is 0 Å². The molecule has 0 unspecified atom stereocenters. The normalized spacial score (nSPS) is 11.7. The average Bonchev–Trinajstić information content (AvgIpc) is 2.55. The number of rotatable bonds is 8. The van der Waals surface area contributed by atoms with Crippen molar-refractivity contribution in [2.24, 2.45) is 5.92 Å². The second kappa shape index (κ2) is 9.26. The molecule has 0 saturated heterocycles. The second-order valence-electron chi connectivity index (χ2n) is 6.64. The topological polar surface area (TPSA) is 16.1 Å². The van der Waals surface area contributed by atoms with Gasteiger partial charge in [0, 0.05) is 18.9 Å². The Kier molecular flexibility index (Phi) is 7.02. The molecule has 0 fully saturated rings. The summed E-state index contributed by atoms with van der Waals surface area (Å²) in [6.07, 6.45) is 10.5. The number of aromatic nitrogens is 1. The molecule has 2 nitrogen and oxygen atoms in total. The van der Waals surface area contributed by atoms with E-state index in [0.29, 0.717) is 0 Å². The third-order valence-electron chi connectivity index (χ3n) is 3.91. The molecule has 0 saturated carbocycles. The molecule has 0 aliphatic carbocycles. The van der Waals surface area contributed by atoms with E-state index in [0.717, 1.165) is 18.0 Å². The highest BCUT2D eigenvalue weighted by atomic mass is 15.1. The van der Waals surface area contributed by atoms with Crippen LogP contribution in [-0.2, 0) is 6.54 Å². The highest BCUT2D eigenvalue weighted by Gasteiger charge is 2.01. The molecule has 2 heteroatoms. The monoisotopic (exact) mass is 308 g/mol. The molecule has 0 N–H and O–H groups in total. The highest BCUT2D eigenvalue weighted by molar-refractivity contribution is 5.69. The van der Waals surface area contributed by atoms with Gasteiger partial charge in [-0.1, -0.05) is 56.3 Å². The van der Waals surface area contributed by atoms with Crippen molar-refractivity contribution in [1.29, 1.82) is 0 Å². The number of hydrogen-bond acceptors (Lipinski definition) is 2. The lowest BCUT2D eigenvalue weighted by Crippen LogP contribution is -2.19. The Morgan fingerprint density at radius 1 is 1.04 bits per heavy atom.